The first-order valence-corrected chi connectivity index (χ1v) is 6.31. The lowest BCUT2D eigenvalue weighted by atomic mass is 10.2. The number of ketones is 1. The van der Waals surface area contributed by atoms with E-state index in [4.69, 9.17) is 0 Å². The van der Waals surface area contributed by atoms with Crippen molar-refractivity contribution in [2.75, 3.05) is 13.1 Å². The third-order valence-electron chi connectivity index (χ3n) is 2.99. The predicted molar refractivity (Wildman–Crippen MR) is 60.2 cm³/mol. The van der Waals surface area contributed by atoms with Gasteiger partial charge in [-0.15, -0.1) is 11.8 Å². The Labute approximate surface area is 89.7 Å². The number of fused-ring (bicyclic) bond motifs is 1. The minimum Gasteiger partial charge on any atom is -0.293 e. The van der Waals surface area contributed by atoms with Crippen LogP contribution in [0.4, 0.5) is 0 Å². The van der Waals surface area contributed by atoms with Crippen molar-refractivity contribution < 1.29 is 4.79 Å². The SMILES string of the molecule is CC1=CSC2CCCCCN2CC1=O. The zero-order chi connectivity index (χ0) is 9.97. The number of Topliss-reactive ketones (excluding diaryl/α,β-unsaturated/α-hetero) is 1. The van der Waals surface area contributed by atoms with E-state index in [9.17, 15) is 4.79 Å². The Balaban J connectivity index is 2.11. The highest BCUT2D eigenvalue weighted by atomic mass is 32.2. The molecule has 1 unspecified atom stereocenters. The Morgan fingerprint density at radius 1 is 1.43 bits per heavy atom. The first-order valence-electron chi connectivity index (χ1n) is 5.37. The highest BCUT2D eigenvalue weighted by molar-refractivity contribution is 8.02. The number of hydrogen-bond donors (Lipinski definition) is 0. The monoisotopic (exact) mass is 211 g/mol. The first-order chi connectivity index (χ1) is 6.77. The fraction of sp³-hybridized carbons (Fsp3) is 0.727. The third kappa shape index (κ3) is 2.20. The van der Waals surface area contributed by atoms with Gasteiger partial charge in [-0.1, -0.05) is 12.8 Å². The van der Waals surface area contributed by atoms with Crippen molar-refractivity contribution in [3.05, 3.63) is 11.0 Å². The molecule has 78 valence electrons. The summed E-state index contributed by atoms with van der Waals surface area (Å²) in [6, 6.07) is 0. The summed E-state index contributed by atoms with van der Waals surface area (Å²) in [7, 11) is 0. The summed E-state index contributed by atoms with van der Waals surface area (Å²) in [6.45, 7) is 3.67. The van der Waals surface area contributed by atoms with Crippen molar-refractivity contribution in [3.8, 4) is 0 Å². The van der Waals surface area contributed by atoms with Crippen LogP contribution in [0.1, 0.15) is 32.6 Å². The maximum Gasteiger partial charge on any atom is 0.173 e. The molecule has 0 aromatic heterocycles. The molecule has 1 fully saturated rings. The summed E-state index contributed by atoms with van der Waals surface area (Å²) in [5, 5.41) is 2.61. The summed E-state index contributed by atoms with van der Waals surface area (Å²) in [6.07, 6.45) is 5.13. The molecule has 1 saturated heterocycles. The molecular formula is C11H17NOS. The van der Waals surface area contributed by atoms with Gasteiger partial charge in [-0.05, 0) is 37.3 Å². The van der Waals surface area contributed by atoms with E-state index in [0.29, 0.717) is 17.7 Å². The van der Waals surface area contributed by atoms with Gasteiger partial charge in [0, 0.05) is 0 Å². The van der Waals surface area contributed by atoms with Gasteiger partial charge in [0.05, 0.1) is 11.9 Å². The Morgan fingerprint density at radius 2 is 2.29 bits per heavy atom. The molecule has 0 amide bonds. The minimum absolute atomic E-state index is 0.307. The lowest BCUT2D eigenvalue weighted by Crippen LogP contribution is -2.35. The topological polar surface area (TPSA) is 20.3 Å². The van der Waals surface area contributed by atoms with Crippen LogP contribution in [0, 0.1) is 0 Å². The van der Waals surface area contributed by atoms with Crippen molar-refractivity contribution in [3.63, 3.8) is 0 Å². The van der Waals surface area contributed by atoms with Gasteiger partial charge in [0.1, 0.15) is 0 Å². The molecule has 2 nitrogen and oxygen atoms in total. The molecule has 0 aromatic carbocycles. The van der Waals surface area contributed by atoms with Crippen LogP contribution >= 0.6 is 11.8 Å². The van der Waals surface area contributed by atoms with Gasteiger partial charge in [-0.2, -0.15) is 0 Å². The quantitative estimate of drug-likeness (QED) is 0.613. The standard InChI is InChI=1S/C11H17NOS/c1-9-8-14-11-5-3-2-4-6-12(11)7-10(9)13/h8,11H,2-7H2,1H3. The Kier molecular flexibility index (Phi) is 3.29. The molecule has 2 aliphatic heterocycles. The maximum atomic E-state index is 11.7. The second-order valence-electron chi connectivity index (χ2n) is 4.13. The molecule has 1 atom stereocenters. The van der Waals surface area contributed by atoms with E-state index in [1.807, 2.05) is 18.7 Å². The fourth-order valence-corrected chi connectivity index (χ4v) is 3.18. The lowest BCUT2D eigenvalue weighted by molar-refractivity contribution is -0.116. The van der Waals surface area contributed by atoms with E-state index in [-0.39, 0.29) is 0 Å². The van der Waals surface area contributed by atoms with Crippen LogP contribution in [0.5, 0.6) is 0 Å². The highest BCUT2D eigenvalue weighted by Crippen LogP contribution is 2.29. The van der Waals surface area contributed by atoms with Crippen LogP contribution in [-0.4, -0.2) is 29.1 Å². The Hall–Kier alpha value is -0.280. The molecule has 14 heavy (non-hydrogen) atoms. The average molecular weight is 211 g/mol. The van der Waals surface area contributed by atoms with Gasteiger partial charge in [0.2, 0.25) is 0 Å². The van der Waals surface area contributed by atoms with E-state index in [1.54, 1.807) is 0 Å². The number of carbonyl (C=O) groups is 1. The second-order valence-corrected chi connectivity index (χ2v) is 5.19. The van der Waals surface area contributed by atoms with E-state index in [2.05, 4.69) is 10.3 Å². The van der Waals surface area contributed by atoms with Gasteiger partial charge in [0.25, 0.3) is 0 Å². The van der Waals surface area contributed by atoms with Crippen molar-refractivity contribution in [1.82, 2.24) is 4.90 Å². The van der Waals surface area contributed by atoms with Crippen LogP contribution in [0.25, 0.3) is 0 Å². The molecule has 0 bridgehead atoms. The number of nitrogens with zero attached hydrogens (tertiary/aromatic N) is 1. The lowest BCUT2D eigenvalue weighted by Gasteiger charge is -2.25. The van der Waals surface area contributed by atoms with Gasteiger partial charge in [-0.3, -0.25) is 9.69 Å². The second kappa shape index (κ2) is 4.49. The number of rotatable bonds is 0. The van der Waals surface area contributed by atoms with E-state index in [0.717, 1.165) is 12.1 Å². The molecule has 2 heterocycles. The average Bonchev–Trinajstić information content (AvgIpc) is 2.45. The van der Waals surface area contributed by atoms with Gasteiger partial charge < -0.3 is 0 Å². The van der Waals surface area contributed by atoms with Crippen molar-refractivity contribution >= 4 is 17.5 Å². The van der Waals surface area contributed by atoms with Crippen molar-refractivity contribution in [2.24, 2.45) is 0 Å². The van der Waals surface area contributed by atoms with Gasteiger partial charge in [-0.25, -0.2) is 0 Å². The molecule has 0 spiro atoms. The summed E-state index contributed by atoms with van der Waals surface area (Å²) in [5.41, 5.74) is 0.933. The molecule has 0 aliphatic carbocycles. The molecular weight excluding hydrogens is 194 g/mol. The Morgan fingerprint density at radius 3 is 3.14 bits per heavy atom. The minimum atomic E-state index is 0.307. The van der Waals surface area contributed by atoms with E-state index in [1.165, 1.54) is 25.7 Å². The molecule has 2 aliphatic rings. The largest absolute Gasteiger partial charge is 0.293 e. The van der Waals surface area contributed by atoms with E-state index >= 15 is 0 Å². The van der Waals surface area contributed by atoms with Crippen LogP contribution in [0.2, 0.25) is 0 Å². The van der Waals surface area contributed by atoms with Crippen LogP contribution in [-0.2, 0) is 4.79 Å². The molecule has 0 radical (unpaired) electrons. The zero-order valence-electron chi connectivity index (χ0n) is 8.66. The summed E-state index contributed by atoms with van der Waals surface area (Å²) >= 11 is 1.84. The number of carbonyl (C=O) groups excluding carboxylic acids is 1. The van der Waals surface area contributed by atoms with E-state index < -0.39 is 0 Å². The summed E-state index contributed by atoms with van der Waals surface area (Å²) in [4.78, 5) is 14.0. The number of thioether (sulfide) groups is 1. The van der Waals surface area contributed by atoms with Gasteiger partial charge in [0.15, 0.2) is 5.78 Å². The molecule has 0 N–H and O–H groups in total. The Bertz CT molecular complexity index is 262. The number of hydrogen-bond acceptors (Lipinski definition) is 3. The summed E-state index contributed by atoms with van der Waals surface area (Å²) < 4.78 is 0. The van der Waals surface area contributed by atoms with Crippen LogP contribution < -0.4 is 0 Å². The normalized spacial score (nSPS) is 30.2. The zero-order valence-corrected chi connectivity index (χ0v) is 9.48. The highest BCUT2D eigenvalue weighted by Gasteiger charge is 2.25. The van der Waals surface area contributed by atoms with Crippen molar-refractivity contribution in [2.45, 2.75) is 38.0 Å². The van der Waals surface area contributed by atoms with Crippen LogP contribution in [0.3, 0.4) is 0 Å². The smallest absolute Gasteiger partial charge is 0.173 e. The first kappa shape index (κ1) is 10.2. The van der Waals surface area contributed by atoms with Crippen LogP contribution in [0.15, 0.2) is 11.0 Å². The third-order valence-corrected chi connectivity index (χ3v) is 4.33. The molecule has 2 rings (SSSR count). The molecule has 0 aromatic rings. The fourth-order valence-electron chi connectivity index (χ4n) is 2.03. The van der Waals surface area contributed by atoms with Crippen molar-refractivity contribution in [1.29, 1.82) is 0 Å². The molecule has 3 heteroatoms. The maximum absolute atomic E-state index is 11.7. The molecule has 0 saturated carbocycles. The van der Waals surface area contributed by atoms with Gasteiger partial charge >= 0.3 is 0 Å². The predicted octanol–water partition coefficient (Wildman–Crippen LogP) is 2.41. The summed E-state index contributed by atoms with van der Waals surface area (Å²) in [5.74, 6) is 0.307.